The molecule has 0 saturated heterocycles. The molecule has 3 heteroatoms. The maximum absolute atomic E-state index is 13.2. The monoisotopic (exact) mass is 292 g/mol. The van der Waals surface area contributed by atoms with E-state index >= 15 is 0 Å². The summed E-state index contributed by atoms with van der Waals surface area (Å²) in [4.78, 5) is 2.40. The van der Waals surface area contributed by atoms with E-state index in [4.69, 9.17) is 5.73 Å². The Hall–Kier alpha value is -1.19. The number of hydrogen-bond acceptors (Lipinski definition) is 2. The summed E-state index contributed by atoms with van der Waals surface area (Å²) in [6.07, 6.45) is 4.64. The van der Waals surface area contributed by atoms with Crippen molar-refractivity contribution < 1.29 is 4.39 Å². The van der Waals surface area contributed by atoms with Crippen LogP contribution in [0.5, 0.6) is 0 Å². The predicted octanol–water partition coefficient (Wildman–Crippen LogP) is 4.07. The van der Waals surface area contributed by atoms with Crippen LogP contribution in [0.4, 0.5) is 4.39 Å². The molecule has 1 aromatic carbocycles. The van der Waals surface area contributed by atoms with E-state index in [1.807, 2.05) is 18.2 Å². The second kappa shape index (κ2) is 8.30. The first kappa shape index (κ1) is 17.9. The van der Waals surface area contributed by atoms with E-state index in [0.717, 1.165) is 31.5 Å². The summed E-state index contributed by atoms with van der Waals surface area (Å²) in [5.74, 6) is -0.227. The number of benzene rings is 1. The first-order valence-electron chi connectivity index (χ1n) is 7.93. The second-order valence-electron chi connectivity index (χ2n) is 5.57. The molecule has 0 aliphatic heterocycles. The van der Waals surface area contributed by atoms with Gasteiger partial charge in [0, 0.05) is 6.04 Å². The minimum absolute atomic E-state index is 0.223. The molecule has 118 valence electrons. The highest BCUT2D eigenvalue weighted by Gasteiger charge is 2.37. The van der Waals surface area contributed by atoms with E-state index in [2.05, 4.69) is 32.3 Å². The normalized spacial score (nSPS) is 15.7. The van der Waals surface area contributed by atoms with Gasteiger partial charge in [-0.3, -0.25) is 4.90 Å². The number of halogens is 1. The average molecular weight is 292 g/mol. The highest BCUT2D eigenvalue weighted by atomic mass is 19.1. The molecule has 0 heterocycles. The van der Waals surface area contributed by atoms with Crippen LogP contribution in [-0.2, 0) is 5.54 Å². The molecule has 1 rings (SSSR count). The largest absolute Gasteiger partial charge is 0.320 e. The van der Waals surface area contributed by atoms with E-state index in [-0.39, 0.29) is 11.9 Å². The molecule has 2 nitrogen and oxygen atoms in total. The number of rotatable bonds is 9. The van der Waals surface area contributed by atoms with Crippen LogP contribution >= 0.6 is 0 Å². The molecule has 0 radical (unpaired) electrons. The van der Waals surface area contributed by atoms with Gasteiger partial charge in [-0.25, -0.2) is 4.39 Å². The quantitative estimate of drug-likeness (QED) is 0.695. The fourth-order valence-corrected chi connectivity index (χ4v) is 3.15. The minimum atomic E-state index is -0.530. The van der Waals surface area contributed by atoms with E-state index in [0.29, 0.717) is 6.42 Å². The number of hydrogen-bond donors (Lipinski definition) is 1. The fourth-order valence-electron chi connectivity index (χ4n) is 3.15. The summed E-state index contributed by atoms with van der Waals surface area (Å²) in [6.45, 7) is 12.3. The summed E-state index contributed by atoms with van der Waals surface area (Å²) in [7, 11) is 0. The molecule has 0 amide bonds. The summed E-state index contributed by atoms with van der Waals surface area (Å²) < 4.78 is 13.2. The predicted molar refractivity (Wildman–Crippen MR) is 88.7 cm³/mol. The van der Waals surface area contributed by atoms with Crippen molar-refractivity contribution in [3.63, 3.8) is 0 Å². The van der Waals surface area contributed by atoms with Crippen molar-refractivity contribution in [2.75, 3.05) is 13.1 Å². The molecule has 0 aliphatic rings. The average Bonchev–Trinajstić information content (AvgIpc) is 2.48. The summed E-state index contributed by atoms with van der Waals surface area (Å²) in [6, 6.07) is 6.83. The number of likely N-dealkylation sites (N-methyl/N-ethyl adjacent to an activating group) is 1. The second-order valence-corrected chi connectivity index (χ2v) is 5.57. The third kappa shape index (κ3) is 4.14. The van der Waals surface area contributed by atoms with Gasteiger partial charge >= 0.3 is 0 Å². The Morgan fingerprint density at radius 1 is 1.24 bits per heavy atom. The molecular formula is C18H29FN2. The Morgan fingerprint density at radius 3 is 2.24 bits per heavy atom. The van der Waals surface area contributed by atoms with Crippen LogP contribution < -0.4 is 5.73 Å². The van der Waals surface area contributed by atoms with Crippen molar-refractivity contribution in [3.8, 4) is 0 Å². The van der Waals surface area contributed by atoms with Crippen molar-refractivity contribution >= 4 is 0 Å². The van der Waals surface area contributed by atoms with Crippen molar-refractivity contribution in [2.24, 2.45) is 5.73 Å². The van der Waals surface area contributed by atoms with Gasteiger partial charge in [0.15, 0.2) is 0 Å². The zero-order valence-electron chi connectivity index (χ0n) is 13.6. The topological polar surface area (TPSA) is 29.3 Å². The van der Waals surface area contributed by atoms with Crippen molar-refractivity contribution in [2.45, 2.75) is 51.6 Å². The summed E-state index contributed by atoms with van der Waals surface area (Å²) >= 11 is 0. The highest BCUT2D eigenvalue weighted by molar-refractivity contribution is 5.28. The van der Waals surface area contributed by atoms with Crippen molar-refractivity contribution in [1.82, 2.24) is 4.90 Å². The molecule has 0 saturated carbocycles. The van der Waals surface area contributed by atoms with Gasteiger partial charge in [0.1, 0.15) is 5.82 Å². The molecule has 21 heavy (non-hydrogen) atoms. The van der Waals surface area contributed by atoms with Gasteiger partial charge < -0.3 is 5.73 Å². The first-order chi connectivity index (χ1) is 10.0. The Morgan fingerprint density at radius 2 is 1.81 bits per heavy atom. The van der Waals surface area contributed by atoms with Gasteiger partial charge in [0.2, 0.25) is 0 Å². The Balaban J connectivity index is 3.26. The molecule has 2 N–H and O–H groups in total. The SMILES string of the molecule is C=CCC(N)(c1ccc(F)cc1)C(CCC)N(CC)CC. The first-order valence-corrected chi connectivity index (χ1v) is 7.93. The van der Waals surface area contributed by atoms with Gasteiger partial charge in [-0.2, -0.15) is 0 Å². The smallest absolute Gasteiger partial charge is 0.123 e. The van der Waals surface area contributed by atoms with Crippen molar-refractivity contribution in [3.05, 3.63) is 48.3 Å². The lowest BCUT2D eigenvalue weighted by Crippen LogP contribution is -2.56. The van der Waals surface area contributed by atoms with Gasteiger partial charge in [0.25, 0.3) is 0 Å². The molecular weight excluding hydrogens is 263 g/mol. The standard InChI is InChI=1S/C18H29FN2/c1-5-9-17(21(7-3)8-4)18(20,14-6-2)15-10-12-16(19)13-11-15/h6,10-13,17H,2,5,7-9,14,20H2,1,3-4H3. The Labute approximate surface area is 128 Å². The molecule has 0 bridgehead atoms. The van der Waals surface area contributed by atoms with E-state index in [9.17, 15) is 4.39 Å². The van der Waals surface area contributed by atoms with Crippen LogP contribution in [0.3, 0.4) is 0 Å². The van der Waals surface area contributed by atoms with Crippen LogP contribution in [0.2, 0.25) is 0 Å². The van der Waals surface area contributed by atoms with Gasteiger partial charge in [-0.15, -0.1) is 6.58 Å². The molecule has 0 fully saturated rings. The van der Waals surface area contributed by atoms with Crippen LogP contribution in [-0.4, -0.2) is 24.0 Å². The maximum Gasteiger partial charge on any atom is 0.123 e. The van der Waals surface area contributed by atoms with Gasteiger partial charge in [-0.05, 0) is 43.6 Å². The van der Waals surface area contributed by atoms with Gasteiger partial charge in [-0.1, -0.05) is 45.4 Å². The van der Waals surface area contributed by atoms with E-state index < -0.39 is 5.54 Å². The Kier molecular flexibility index (Phi) is 7.06. The van der Waals surface area contributed by atoms with E-state index in [1.54, 1.807) is 0 Å². The molecule has 0 aromatic heterocycles. The number of nitrogens with two attached hydrogens (primary N) is 1. The molecule has 0 spiro atoms. The lowest BCUT2D eigenvalue weighted by molar-refractivity contribution is 0.120. The van der Waals surface area contributed by atoms with Gasteiger partial charge in [0.05, 0.1) is 5.54 Å². The maximum atomic E-state index is 13.2. The van der Waals surface area contributed by atoms with E-state index in [1.165, 1.54) is 12.1 Å². The molecule has 2 unspecified atom stereocenters. The Bertz CT molecular complexity index is 425. The zero-order chi connectivity index (χ0) is 15.9. The molecule has 2 atom stereocenters. The summed E-state index contributed by atoms with van der Waals surface area (Å²) in [5.41, 5.74) is 7.28. The highest BCUT2D eigenvalue weighted by Crippen LogP contribution is 2.32. The lowest BCUT2D eigenvalue weighted by atomic mass is 9.78. The van der Waals surface area contributed by atoms with Crippen LogP contribution in [0, 0.1) is 5.82 Å². The zero-order valence-corrected chi connectivity index (χ0v) is 13.6. The lowest BCUT2D eigenvalue weighted by Gasteiger charge is -2.43. The minimum Gasteiger partial charge on any atom is -0.320 e. The third-order valence-corrected chi connectivity index (χ3v) is 4.27. The third-order valence-electron chi connectivity index (χ3n) is 4.27. The molecule has 0 aliphatic carbocycles. The van der Waals surface area contributed by atoms with Crippen molar-refractivity contribution in [1.29, 1.82) is 0 Å². The van der Waals surface area contributed by atoms with Crippen LogP contribution in [0.1, 0.15) is 45.6 Å². The fraction of sp³-hybridized carbons (Fsp3) is 0.556. The number of nitrogens with zero attached hydrogens (tertiary/aromatic N) is 1. The summed E-state index contributed by atoms with van der Waals surface area (Å²) in [5, 5.41) is 0. The van der Waals surface area contributed by atoms with Crippen LogP contribution in [0.15, 0.2) is 36.9 Å². The molecule has 1 aromatic rings. The van der Waals surface area contributed by atoms with Crippen LogP contribution in [0.25, 0.3) is 0 Å².